The molecule has 1 aliphatic rings. The summed E-state index contributed by atoms with van der Waals surface area (Å²) in [6.07, 6.45) is -3.77. The number of amides is 1. The number of alkyl halides is 3. The number of benzene rings is 2. The van der Waals surface area contributed by atoms with E-state index in [2.05, 4.69) is 14.8 Å². The zero-order chi connectivity index (χ0) is 26.0. The maximum atomic E-state index is 13.6. The van der Waals surface area contributed by atoms with Crippen LogP contribution in [0.3, 0.4) is 0 Å². The van der Waals surface area contributed by atoms with Gasteiger partial charge in [-0.25, -0.2) is 0 Å². The fraction of sp³-hybridized carbons (Fsp3) is 0.519. The van der Waals surface area contributed by atoms with Gasteiger partial charge in [-0.2, -0.15) is 0 Å². The van der Waals surface area contributed by atoms with Crippen molar-refractivity contribution >= 4 is 28.0 Å². The number of carbonyl (C=O) groups is 1. The maximum absolute atomic E-state index is 13.6. The summed E-state index contributed by atoms with van der Waals surface area (Å²) < 4.78 is 53.6. The Morgan fingerprint density at radius 2 is 1.71 bits per heavy atom. The van der Waals surface area contributed by atoms with Crippen molar-refractivity contribution in [2.45, 2.75) is 79.0 Å². The molecule has 0 bridgehead atoms. The van der Waals surface area contributed by atoms with Crippen LogP contribution in [-0.4, -0.2) is 47.6 Å². The van der Waals surface area contributed by atoms with Crippen LogP contribution in [0.15, 0.2) is 48.5 Å². The van der Waals surface area contributed by atoms with Crippen LogP contribution in [0.25, 0.3) is 0 Å². The van der Waals surface area contributed by atoms with Crippen molar-refractivity contribution in [3.05, 3.63) is 65.2 Å². The summed E-state index contributed by atoms with van der Waals surface area (Å²) in [6.45, 7) is 6.05. The molecule has 4 nitrogen and oxygen atoms in total. The molecule has 0 spiro atoms. The van der Waals surface area contributed by atoms with Gasteiger partial charge >= 0.3 is 211 Å². The van der Waals surface area contributed by atoms with Gasteiger partial charge in [0.25, 0.3) is 0 Å². The molecule has 0 N–H and O–H groups in total. The average molecular weight is 598 g/mol. The van der Waals surface area contributed by atoms with Gasteiger partial charge in [-0.1, -0.05) is 0 Å². The van der Waals surface area contributed by atoms with E-state index in [0.29, 0.717) is 18.5 Å². The van der Waals surface area contributed by atoms with E-state index in [9.17, 15) is 18.0 Å². The van der Waals surface area contributed by atoms with Gasteiger partial charge in [0, 0.05) is 0 Å². The molecular weight excluding hydrogens is 562 g/mol. The second kappa shape index (κ2) is 10.7. The van der Waals surface area contributed by atoms with E-state index >= 15 is 0 Å². The zero-order valence-electron chi connectivity index (χ0n) is 21.4. The van der Waals surface area contributed by atoms with Gasteiger partial charge in [0.1, 0.15) is 0 Å². The van der Waals surface area contributed by atoms with Crippen molar-refractivity contribution in [2.75, 3.05) is 6.54 Å². The van der Waals surface area contributed by atoms with Crippen molar-refractivity contribution in [3.8, 4) is 0 Å². The van der Waals surface area contributed by atoms with Crippen molar-refractivity contribution < 1.29 is 27.4 Å². The molecule has 2 atom stereocenters. The predicted octanol–water partition coefficient (Wildman–Crippen LogP) is 6.91. The van der Waals surface area contributed by atoms with Gasteiger partial charge in [-0.3, -0.25) is 0 Å². The second-order valence-corrected chi connectivity index (χ2v) is 25.7. The van der Waals surface area contributed by atoms with E-state index in [4.69, 9.17) is 9.47 Å². The Balaban J connectivity index is 1.90. The number of ether oxygens (including phenoxy) is 2. The molecule has 3 rings (SSSR count). The van der Waals surface area contributed by atoms with Crippen molar-refractivity contribution in [3.63, 3.8) is 0 Å². The summed E-state index contributed by atoms with van der Waals surface area (Å²) in [4.78, 5) is 21.0. The number of likely N-dealkylation sites (tertiary alicyclic amines) is 1. The third-order valence-electron chi connectivity index (χ3n) is 5.99. The van der Waals surface area contributed by atoms with E-state index in [1.54, 1.807) is 4.90 Å². The molecule has 0 unspecified atom stereocenters. The van der Waals surface area contributed by atoms with Gasteiger partial charge in [0.2, 0.25) is 0 Å². The normalized spacial score (nSPS) is 19.5. The van der Waals surface area contributed by atoms with Crippen molar-refractivity contribution in [1.29, 1.82) is 0 Å². The average Bonchev–Trinajstić information content (AvgIpc) is 2.75. The number of halogens is 3. The Morgan fingerprint density at radius 3 is 2.29 bits per heavy atom. The molecule has 0 saturated carbocycles. The first kappa shape index (κ1) is 27.8. The number of hydrogen-bond donors (Lipinski definition) is 0. The molecule has 0 radical (unpaired) electrons. The molecular formula is C27H36F3NO3Sn. The summed E-state index contributed by atoms with van der Waals surface area (Å²) in [5.41, 5.74) is 0.166. The Hall–Kier alpha value is -1.74. The van der Waals surface area contributed by atoms with Crippen LogP contribution >= 0.6 is 0 Å². The first-order valence-electron chi connectivity index (χ1n) is 12.0. The predicted molar refractivity (Wildman–Crippen MR) is 134 cm³/mol. The first-order chi connectivity index (χ1) is 16.1. The monoisotopic (exact) mass is 599 g/mol. The number of rotatable bonds is 5. The summed E-state index contributed by atoms with van der Waals surface area (Å²) >= 11 is -2.77. The van der Waals surface area contributed by atoms with Gasteiger partial charge in [-0.05, 0) is 0 Å². The fourth-order valence-corrected chi connectivity index (χ4v) is 7.73. The minimum absolute atomic E-state index is 0.0506. The van der Waals surface area contributed by atoms with Crippen LogP contribution in [0.1, 0.15) is 56.3 Å². The van der Waals surface area contributed by atoms with E-state index in [1.165, 1.54) is 12.1 Å². The van der Waals surface area contributed by atoms with Gasteiger partial charge in [0.15, 0.2) is 0 Å². The second-order valence-electron chi connectivity index (χ2n) is 11.2. The van der Waals surface area contributed by atoms with E-state index in [1.807, 2.05) is 57.2 Å². The van der Waals surface area contributed by atoms with Crippen molar-refractivity contribution in [2.24, 2.45) is 0 Å². The van der Waals surface area contributed by atoms with Crippen LogP contribution in [0, 0.1) is 0 Å². The molecule has 1 heterocycles. The third kappa shape index (κ3) is 7.62. The molecule has 8 heteroatoms. The van der Waals surface area contributed by atoms with Crippen LogP contribution in [0.4, 0.5) is 18.0 Å². The first-order valence-corrected chi connectivity index (χ1v) is 22.0. The molecule has 1 amide bonds. The summed E-state index contributed by atoms with van der Waals surface area (Å²) in [6, 6.07) is 13.6. The summed E-state index contributed by atoms with van der Waals surface area (Å²) in [5.74, 6) is 0. The van der Waals surface area contributed by atoms with Crippen LogP contribution in [-0.2, 0) is 22.3 Å². The molecule has 2 aromatic carbocycles. The summed E-state index contributed by atoms with van der Waals surface area (Å²) in [5, 5.41) is 0. The Bertz CT molecular complexity index is 981. The van der Waals surface area contributed by atoms with Crippen molar-refractivity contribution in [1.82, 2.24) is 4.90 Å². The fourth-order valence-electron chi connectivity index (χ4n) is 4.28. The minimum atomic E-state index is -4.41. The molecule has 1 saturated heterocycles. The third-order valence-corrected chi connectivity index (χ3v) is 11.8. The van der Waals surface area contributed by atoms with E-state index in [0.717, 1.165) is 15.6 Å². The number of carbonyl (C=O) groups excluding carboxylic acids is 1. The summed E-state index contributed by atoms with van der Waals surface area (Å²) in [7, 11) is 0. The standard InChI is InChI=1S/C24H27F3NO3.3CH3.Sn/c1-23(2,3)31-22(29)28-14-8-13-20(21(28)18-10-5-4-6-11-18)30-16-17-9-7-12-19(15-17)24(25,26)27;;;;/h4-6,9-12,15,20-21H,8,13-14,16H2,1-3H3;3*1H3;/t20-,21-;;;;/m0..../s1. The van der Waals surface area contributed by atoms with Gasteiger partial charge in [0.05, 0.1) is 0 Å². The zero-order valence-corrected chi connectivity index (χ0v) is 24.3. The number of nitrogens with zero attached hydrogens (tertiary/aromatic N) is 1. The Morgan fingerprint density at radius 1 is 1.06 bits per heavy atom. The molecule has 0 aromatic heterocycles. The van der Waals surface area contributed by atoms with Crippen LogP contribution in [0.2, 0.25) is 14.8 Å². The molecule has 1 fully saturated rings. The molecule has 0 aliphatic carbocycles. The number of hydrogen-bond acceptors (Lipinski definition) is 3. The molecule has 192 valence electrons. The van der Waals surface area contributed by atoms with Crippen LogP contribution < -0.4 is 3.58 Å². The quantitative estimate of drug-likeness (QED) is 0.352. The molecule has 1 aliphatic heterocycles. The van der Waals surface area contributed by atoms with Gasteiger partial charge in [-0.15, -0.1) is 0 Å². The SMILES string of the molecule is CC(C)(C)OC(=O)N1CCC[C@H](OCc2cc(C(F)(F)F)c[c]([Sn]([CH3])([CH3])[CH3])c2)[C@@H]1c1ccccc1. The molecule has 35 heavy (non-hydrogen) atoms. The van der Waals surface area contributed by atoms with Gasteiger partial charge < -0.3 is 0 Å². The number of piperidine rings is 1. The van der Waals surface area contributed by atoms with E-state index < -0.39 is 41.8 Å². The Labute approximate surface area is 210 Å². The molecule has 2 aromatic rings. The van der Waals surface area contributed by atoms with E-state index in [-0.39, 0.29) is 18.8 Å². The Kier molecular flexibility index (Phi) is 8.52. The topological polar surface area (TPSA) is 38.8 Å². The van der Waals surface area contributed by atoms with Crippen LogP contribution in [0.5, 0.6) is 0 Å².